The van der Waals surface area contributed by atoms with Crippen molar-refractivity contribution in [3.05, 3.63) is 40.4 Å². The second kappa shape index (κ2) is 4.78. The number of fused-ring (bicyclic) bond motifs is 1. The summed E-state index contributed by atoms with van der Waals surface area (Å²) in [5.74, 6) is 0.239. The largest absolute Gasteiger partial charge is 0.494 e. The molecule has 19 heavy (non-hydrogen) atoms. The van der Waals surface area contributed by atoms with Crippen LogP contribution >= 0.6 is 11.6 Å². The van der Waals surface area contributed by atoms with E-state index >= 15 is 0 Å². The smallest absolute Gasteiger partial charge is 0.165 e. The topological polar surface area (TPSA) is 35.0 Å². The molecule has 3 nitrogen and oxygen atoms in total. The van der Waals surface area contributed by atoms with E-state index in [4.69, 9.17) is 16.3 Å². The maximum absolute atomic E-state index is 13.7. The Morgan fingerprint density at radius 2 is 2.11 bits per heavy atom. The number of methoxy groups -OCH3 is 1. The van der Waals surface area contributed by atoms with E-state index < -0.39 is 5.82 Å². The van der Waals surface area contributed by atoms with Crippen LogP contribution in [0.3, 0.4) is 0 Å². The van der Waals surface area contributed by atoms with Gasteiger partial charge in [0.1, 0.15) is 5.15 Å². The van der Waals surface area contributed by atoms with Crippen molar-refractivity contribution in [1.82, 2.24) is 9.97 Å². The van der Waals surface area contributed by atoms with Crippen LogP contribution in [0.5, 0.6) is 5.75 Å². The van der Waals surface area contributed by atoms with Gasteiger partial charge < -0.3 is 4.74 Å². The number of hydrogen-bond acceptors (Lipinski definition) is 3. The van der Waals surface area contributed by atoms with E-state index in [1.165, 1.54) is 13.2 Å². The number of aromatic nitrogens is 2. The molecular weight excluding hydrogens is 267 g/mol. The highest BCUT2D eigenvalue weighted by Crippen LogP contribution is 2.30. The van der Waals surface area contributed by atoms with E-state index in [-0.39, 0.29) is 5.75 Å². The maximum atomic E-state index is 13.7. The van der Waals surface area contributed by atoms with E-state index in [1.54, 1.807) is 12.1 Å². The van der Waals surface area contributed by atoms with E-state index in [2.05, 4.69) is 9.97 Å². The van der Waals surface area contributed by atoms with Gasteiger partial charge in [0, 0.05) is 16.8 Å². The molecule has 0 unspecified atom stereocenters. The zero-order chi connectivity index (χ0) is 13.4. The van der Waals surface area contributed by atoms with Crippen molar-refractivity contribution in [2.75, 3.05) is 7.11 Å². The molecule has 2 aromatic rings. The molecule has 0 bridgehead atoms. The van der Waals surface area contributed by atoms with Gasteiger partial charge in [0.05, 0.1) is 7.11 Å². The first kappa shape index (κ1) is 12.4. The third-order valence-corrected chi connectivity index (χ3v) is 3.61. The number of rotatable bonds is 2. The lowest BCUT2D eigenvalue weighted by Crippen LogP contribution is -1.98. The van der Waals surface area contributed by atoms with Crippen molar-refractivity contribution in [2.45, 2.75) is 19.3 Å². The minimum Gasteiger partial charge on any atom is -0.494 e. The molecule has 1 aliphatic rings. The Morgan fingerprint density at radius 3 is 2.84 bits per heavy atom. The van der Waals surface area contributed by atoms with Gasteiger partial charge in [0.15, 0.2) is 17.4 Å². The summed E-state index contributed by atoms with van der Waals surface area (Å²) in [6.45, 7) is 0. The molecule has 0 spiro atoms. The monoisotopic (exact) mass is 278 g/mol. The van der Waals surface area contributed by atoms with E-state index in [1.807, 2.05) is 0 Å². The van der Waals surface area contributed by atoms with Gasteiger partial charge in [-0.25, -0.2) is 14.4 Å². The third-order valence-electron chi connectivity index (χ3n) is 3.29. The Hall–Kier alpha value is -1.68. The van der Waals surface area contributed by atoms with Crippen LogP contribution in [0.15, 0.2) is 18.2 Å². The lowest BCUT2D eigenvalue weighted by molar-refractivity contribution is 0.386. The van der Waals surface area contributed by atoms with Gasteiger partial charge in [0.25, 0.3) is 0 Å². The van der Waals surface area contributed by atoms with Crippen LogP contribution in [-0.2, 0) is 12.8 Å². The highest BCUT2D eigenvalue weighted by Gasteiger charge is 2.19. The first-order valence-electron chi connectivity index (χ1n) is 6.08. The normalized spacial score (nSPS) is 13.4. The van der Waals surface area contributed by atoms with Crippen LogP contribution in [0.1, 0.15) is 17.7 Å². The predicted molar refractivity (Wildman–Crippen MR) is 71.0 cm³/mol. The van der Waals surface area contributed by atoms with Gasteiger partial charge in [-0.1, -0.05) is 11.6 Å². The molecule has 0 N–H and O–H groups in total. The molecule has 1 aromatic heterocycles. The Balaban J connectivity index is 2.07. The standard InChI is InChI=1S/C14H12ClFN2O/c1-19-12-6-5-8(7-10(12)16)14-17-11-4-2-3-9(11)13(15)18-14/h5-7H,2-4H2,1H3. The van der Waals surface area contributed by atoms with Crippen LogP contribution in [0.4, 0.5) is 4.39 Å². The lowest BCUT2D eigenvalue weighted by Gasteiger charge is -2.07. The maximum Gasteiger partial charge on any atom is 0.165 e. The SMILES string of the molecule is COc1ccc(-c2nc(Cl)c3c(n2)CCC3)cc1F. The first-order valence-corrected chi connectivity index (χ1v) is 6.46. The molecule has 0 fully saturated rings. The molecule has 5 heteroatoms. The second-order valence-electron chi connectivity index (χ2n) is 4.47. The van der Waals surface area contributed by atoms with Crippen LogP contribution in [0, 0.1) is 5.82 Å². The van der Waals surface area contributed by atoms with Crippen molar-refractivity contribution in [3.8, 4) is 17.1 Å². The van der Waals surface area contributed by atoms with Gasteiger partial charge in [-0.05, 0) is 37.5 Å². The number of ether oxygens (including phenoxy) is 1. The highest BCUT2D eigenvalue weighted by atomic mass is 35.5. The fraction of sp³-hybridized carbons (Fsp3) is 0.286. The van der Waals surface area contributed by atoms with Gasteiger partial charge in [0.2, 0.25) is 0 Å². The average molecular weight is 279 g/mol. The van der Waals surface area contributed by atoms with Crippen molar-refractivity contribution in [3.63, 3.8) is 0 Å². The molecule has 0 atom stereocenters. The molecule has 0 amide bonds. The molecule has 3 rings (SSSR count). The van der Waals surface area contributed by atoms with Crippen LogP contribution < -0.4 is 4.74 Å². The van der Waals surface area contributed by atoms with Crippen LogP contribution in [-0.4, -0.2) is 17.1 Å². The van der Waals surface area contributed by atoms with Crippen LogP contribution in [0.2, 0.25) is 5.15 Å². The number of aryl methyl sites for hydroxylation is 1. The third kappa shape index (κ3) is 2.16. The van der Waals surface area contributed by atoms with Gasteiger partial charge in [-0.2, -0.15) is 0 Å². The number of benzene rings is 1. The summed E-state index contributed by atoms with van der Waals surface area (Å²) in [7, 11) is 1.43. The Morgan fingerprint density at radius 1 is 1.26 bits per heavy atom. The average Bonchev–Trinajstić information content (AvgIpc) is 2.87. The molecule has 1 aromatic carbocycles. The summed E-state index contributed by atoms with van der Waals surface area (Å²) in [5, 5.41) is 0.480. The zero-order valence-corrected chi connectivity index (χ0v) is 11.2. The molecule has 98 valence electrons. The zero-order valence-electron chi connectivity index (χ0n) is 10.4. The Bertz CT molecular complexity index is 646. The minimum absolute atomic E-state index is 0.205. The molecule has 0 saturated carbocycles. The molecule has 1 aliphatic carbocycles. The Labute approximate surface area is 115 Å². The number of halogens is 2. The summed E-state index contributed by atoms with van der Waals surface area (Å²) in [6.07, 6.45) is 2.87. The molecule has 0 saturated heterocycles. The quantitative estimate of drug-likeness (QED) is 0.790. The van der Waals surface area contributed by atoms with E-state index in [0.717, 1.165) is 30.5 Å². The summed E-state index contributed by atoms with van der Waals surface area (Å²) in [5.41, 5.74) is 2.61. The van der Waals surface area contributed by atoms with Crippen molar-refractivity contribution < 1.29 is 9.13 Å². The summed E-state index contributed by atoms with van der Waals surface area (Å²) < 4.78 is 18.6. The number of hydrogen-bond donors (Lipinski definition) is 0. The van der Waals surface area contributed by atoms with Gasteiger partial charge in [-0.3, -0.25) is 0 Å². The highest BCUT2D eigenvalue weighted by molar-refractivity contribution is 6.30. The molecule has 0 radical (unpaired) electrons. The summed E-state index contributed by atoms with van der Waals surface area (Å²) >= 11 is 6.15. The van der Waals surface area contributed by atoms with Gasteiger partial charge >= 0.3 is 0 Å². The van der Waals surface area contributed by atoms with Gasteiger partial charge in [-0.15, -0.1) is 0 Å². The molecular formula is C14H12ClFN2O. The second-order valence-corrected chi connectivity index (χ2v) is 4.82. The van der Waals surface area contributed by atoms with Crippen molar-refractivity contribution in [2.24, 2.45) is 0 Å². The fourth-order valence-electron chi connectivity index (χ4n) is 2.32. The Kier molecular flexibility index (Phi) is 3.11. The van der Waals surface area contributed by atoms with Crippen molar-refractivity contribution in [1.29, 1.82) is 0 Å². The summed E-state index contributed by atoms with van der Waals surface area (Å²) in [6, 6.07) is 4.66. The van der Waals surface area contributed by atoms with E-state index in [0.29, 0.717) is 16.5 Å². The first-order chi connectivity index (χ1) is 9.19. The lowest BCUT2D eigenvalue weighted by atomic mass is 10.2. The van der Waals surface area contributed by atoms with Crippen LogP contribution in [0.25, 0.3) is 11.4 Å². The summed E-state index contributed by atoms with van der Waals surface area (Å²) in [4.78, 5) is 8.74. The van der Waals surface area contributed by atoms with Crippen molar-refractivity contribution >= 4 is 11.6 Å². The minimum atomic E-state index is -0.430. The predicted octanol–water partition coefficient (Wildman–Crippen LogP) is 3.43. The number of nitrogens with zero attached hydrogens (tertiary/aromatic N) is 2. The van der Waals surface area contributed by atoms with E-state index in [9.17, 15) is 4.39 Å². The fourth-order valence-corrected chi connectivity index (χ4v) is 2.60. The molecule has 1 heterocycles. The molecule has 0 aliphatic heterocycles.